The molecule has 0 amide bonds. The Bertz CT molecular complexity index is 359. The standard InChI is InChI=1S/C15H24N2O/c1-12(2)17-11-13-5-3-4-6-15(13)18-14-7-9-16-10-8-14/h3-6,12,14,16-17H,7-11H2,1-2H3. The van der Waals surface area contributed by atoms with E-state index in [-0.39, 0.29) is 0 Å². The van der Waals surface area contributed by atoms with Crippen LogP contribution in [0.4, 0.5) is 0 Å². The first-order valence-corrected chi connectivity index (χ1v) is 6.94. The Morgan fingerprint density at radius 2 is 2.00 bits per heavy atom. The zero-order valence-corrected chi connectivity index (χ0v) is 11.4. The SMILES string of the molecule is CC(C)NCc1ccccc1OC1CCNCC1. The Morgan fingerprint density at radius 3 is 2.72 bits per heavy atom. The van der Waals surface area contributed by atoms with Gasteiger partial charge in [-0.05, 0) is 32.0 Å². The average Bonchev–Trinajstić information content (AvgIpc) is 2.39. The van der Waals surface area contributed by atoms with E-state index >= 15 is 0 Å². The van der Waals surface area contributed by atoms with Crippen molar-refractivity contribution in [2.45, 2.75) is 45.4 Å². The molecule has 0 spiro atoms. The van der Waals surface area contributed by atoms with Gasteiger partial charge in [-0.1, -0.05) is 32.0 Å². The van der Waals surface area contributed by atoms with Crippen molar-refractivity contribution < 1.29 is 4.74 Å². The van der Waals surface area contributed by atoms with Crippen LogP contribution in [0.15, 0.2) is 24.3 Å². The minimum Gasteiger partial charge on any atom is -0.490 e. The molecule has 1 aliphatic rings. The van der Waals surface area contributed by atoms with Crippen LogP contribution in [0.2, 0.25) is 0 Å². The summed E-state index contributed by atoms with van der Waals surface area (Å²) in [5.74, 6) is 1.04. The maximum Gasteiger partial charge on any atom is 0.124 e. The van der Waals surface area contributed by atoms with Crippen LogP contribution in [-0.2, 0) is 6.54 Å². The molecule has 2 rings (SSSR count). The molecule has 0 aliphatic carbocycles. The van der Waals surface area contributed by atoms with Gasteiger partial charge in [0.25, 0.3) is 0 Å². The zero-order valence-electron chi connectivity index (χ0n) is 11.4. The van der Waals surface area contributed by atoms with Crippen LogP contribution in [0.1, 0.15) is 32.3 Å². The summed E-state index contributed by atoms with van der Waals surface area (Å²) in [5.41, 5.74) is 1.25. The highest BCUT2D eigenvalue weighted by atomic mass is 16.5. The minimum atomic E-state index is 0.367. The van der Waals surface area contributed by atoms with Gasteiger partial charge in [-0.25, -0.2) is 0 Å². The maximum absolute atomic E-state index is 6.14. The van der Waals surface area contributed by atoms with E-state index in [2.05, 4.69) is 48.7 Å². The van der Waals surface area contributed by atoms with Crippen LogP contribution in [0.5, 0.6) is 5.75 Å². The molecular weight excluding hydrogens is 224 g/mol. The summed E-state index contributed by atoms with van der Waals surface area (Å²) >= 11 is 0. The predicted octanol–water partition coefficient (Wildman–Crippen LogP) is 2.32. The molecular formula is C15H24N2O. The highest BCUT2D eigenvalue weighted by molar-refractivity contribution is 5.33. The molecule has 0 radical (unpaired) electrons. The van der Waals surface area contributed by atoms with Crippen LogP contribution in [-0.4, -0.2) is 25.2 Å². The maximum atomic E-state index is 6.14. The molecule has 0 bridgehead atoms. The van der Waals surface area contributed by atoms with E-state index in [1.54, 1.807) is 0 Å². The number of hydrogen-bond donors (Lipinski definition) is 2. The van der Waals surface area contributed by atoms with Crippen LogP contribution >= 0.6 is 0 Å². The molecule has 0 aromatic heterocycles. The molecule has 0 atom stereocenters. The predicted molar refractivity (Wildman–Crippen MR) is 74.9 cm³/mol. The smallest absolute Gasteiger partial charge is 0.124 e. The van der Waals surface area contributed by atoms with Crippen LogP contribution < -0.4 is 15.4 Å². The normalized spacial score (nSPS) is 17.1. The minimum absolute atomic E-state index is 0.367. The third-order valence-corrected chi connectivity index (χ3v) is 3.25. The van der Waals surface area contributed by atoms with Gasteiger partial charge in [-0.3, -0.25) is 0 Å². The van der Waals surface area contributed by atoms with Gasteiger partial charge in [0, 0.05) is 18.2 Å². The third kappa shape index (κ3) is 4.00. The summed E-state index contributed by atoms with van der Waals surface area (Å²) < 4.78 is 6.14. The molecule has 3 nitrogen and oxygen atoms in total. The van der Waals surface area contributed by atoms with Crippen molar-refractivity contribution >= 4 is 0 Å². The fraction of sp³-hybridized carbons (Fsp3) is 0.600. The van der Waals surface area contributed by atoms with E-state index < -0.39 is 0 Å². The molecule has 3 heteroatoms. The summed E-state index contributed by atoms with van der Waals surface area (Å²) in [7, 11) is 0. The van der Waals surface area contributed by atoms with Gasteiger partial charge in [0.15, 0.2) is 0 Å². The third-order valence-electron chi connectivity index (χ3n) is 3.25. The molecule has 1 aromatic rings. The van der Waals surface area contributed by atoms with Gasteiger partial charge < -0.3 is 15.4 Å². The van der Waals surface area contributed by atoms with E-state index in [1.807, 2.05) is 0 Å². The molecule has 2 N–H and O–H groups in total. The molecule has 1 heterocycles. The van der Waals surface area contributed by atoms with Crippen molar-refractivity contribution in [2.24, 2.45) is 0 Å². The van der Waals surface area contributed by atoms with Gasteiger partial charge in [-0.2, -0.15) is 0 Å². The van der Waals surface area contributed by atoms with Crippen molar-refractivity contribution in [3.05, 3.63) is 29.8 Å². The van der Waals surface area contributed by atoms with Crippen molar-refractivity contribution in [1.82, 2.24) is 10.6 Å². The quantitative estimate of drug-likeness (QED) is 0.839. The average molecular weight is 248 g/mol. The lowest BCUT2D eigenvalue weighted by molar-refractivity contribution is 0.160. The number of benzene rings is 1. The van der Waals surface area contributed by atoms with Crippen molar-refractivity contribution in [2.75, 3.05) is 13.1 Å². The number of hydrogen-bond acceptors (Lipinski definition) is 3. The topological polar surface area (TPSA) is 33.3 Å². The van der Waals surface area contributed by atoms with Crippen molar-refractivity contribution in [1.29, 1.82) is 0 Å². The number of para-hydroxylation sites is 1. The second-order valence-electron chi connectivity index (χ2n) is 5.21. The second-order valence-corrected chi connectivity index (χ2v) is 5.21. The largest absolute Gasteiger partial charge is 0.490 e. The highest BCUT2D eigenvalue weighted by Gasteiger charge is 2.15. The number of rotatable bonds is 5. The lowest BCUT2D eigenvalue weighted by Gasteiger charge is -2.25. The first-order chi connectivity index (χ1) is 8.75. The molecule has 0 unspecified atom stereocenters. The Kier molecular flexibility index (Phi) is 5.02. The Labute approximate surface area is 110 Å². The lowest BCUT2D eigenvalue weighted by Crippen LogP contribution is -2.34. The van der Waals surface area contributed by atoms with E-state index in [1.165, 1.54) is 5.56 Å². The molecule has 18 heavy (non-hydrogen) atoms. The van der Waals surface area contributed by atoms with Crippen molar-refractivity contribution in [3.63, 3.8) is 0 Å². The first-order valence-electron chi connectivity index (χ1n) is 6.94. The summed E-state index contributed by atoms with van der Waals surface area (Å²) in [4.78, 5) is 0. The van der Waals surface area contributed by atoms with Crippen molar-refractivity contribution in [3.8, 4) is 5.75 Å². The molecule has 0 saturated carbocycles. The van der Waals surface area contributed by atoms with Crippen LogP contribution in [0, 0.1) is 0 Å². The van der Waals surface area contributed by atoms with Crippen LogP contribution in [0.25, 0.3) is 0 Å². The first kappa shape index (κ1) is 13.4. The number of ether oxygens (including phenoxy) is 1. The fourth-order valence-corrected chi connectivity index (χ4v) is 2.17. The number of nitrogens with one attached hydrogen (secondary N) is 2. The van der Waals surface area contributed by atoms with E-state index in [0.29, 0.717) is 12.1 Å². The Morgan fingerprint density at radius 1 is 1.28 bits per heavy atom. The zero-order chi connectivity index (χ0) is 12.8. The Hall–Kier alpha value is -1.06. The van der Waals surface area contributed by atoms with E-state index in [4.69, 9.17) is 4.74 Å². The highest BCUT2D eigenvalue weighted by Crippen LogP contribution is 2.21. The summed E-state index contributed by atoms with van der Waals surface area (Å²) in [6.45, 7) is 7.33. The van der Waals surface area contributed by atoms with E-state index in [0.717, 1.165) is 38.2 Å². The summed E-state index contributed by atoms with van der Waals surface area (Å²) in [6, 6.07) is 8.85. The molecule has 1 fully saturated rings. The van der Waals surface area contributed by atoms with Gasteiger partial charge in [-0.15, -0.1) is 0 Å². The summed E-state index contributed by atoms with van der Waals surface area (Å²) in [5, 5.41) is 6.81. The molecule has 100 valence electrons. The molecule has 1 aliphatic heterocycles. The van der Waals surface area contributed by atoms with Crippen LogP contribution in [0.3, 0.4) is 0 Å². The van der Waals surface area contributed by atoms with E-state index in [9.17, 15) is 0 Å². The molecule has 1 saturated heterocycles. The van der Waals surface area contributed by atoms with Gasteiger partial charge >= 0.3 is 0 Å². The fourth-order valence-electron chi connectivity index (χ4n) is 2.17. The Balaban J connectivity index is 1.97. The van der Waals surface area contributed by atoms with Gasteiger partial charge in [0.2, 0.25) is 0 Å². The van der Waals surface area contributed by atoms with Gasteiger partial charge in [0.1, 0.15) is 11.9 Å². The summed E-state index contributed by atoms with van der Waals surface area (Å²) in [6.07, 6.45) is 2.57. The lowest BCUT2D eigenvalue weighted by atomic mass is 10.1. The monoisotopic (exact) mass is 248 g/mol. The van der Waals surface area contributed by atoms with Gasteiger partial charge in [0.05, 0.1) is 0 Å². The molecule has 1 aromatic carbocycles. The number of piperidine rings is 1. The second kappa shape index (κ2) is 6.76.